The molecule has 1 heterocycles. The largest absolute Gasteiger partial charge is 0.342 e. The predicted molar refractivity (Wildman–Crippen MR) is 64.2 cm³/mol. The quantitative estimate of drug-likeness (QED) is 0.782. The summed E-state index contributed by atoms with van der Waals surface area (Å²) in [6, 6.07) is 0.720. The van der Waals surface area contributed by atoms with Gasteiger partial charge in [-0.3, -0.25) is 4.79 Å². The Balaban J connectivity index is 1.63. The van der Waals surface area contributed by atoms with E-state index in [1.807, 2.05) is 16.7 Å². The van der Waals surface area contributed by atoms with Gasteiger partial charge in [-0.25, -0.2) is 0 Å². The van der Waals surface area contributed by atoms with Gasteiger partial charge < -0.3 is 10.2 Å². The molecule has 4 heteroatoms. The summed E-state index contributed by atoms with van der Waals surface area (Å²) in [5.41, 5.74) is 0. The fraction of sp³-hybridized carbons (Fsp3) is 0.909. The Morgan fingerprint density at radius 2 is 2.20 bits per heavy atom. The van der Waals surface area contributed by atoms with Gasteiger partial charge >= 0.3 is 0 Å². The second-order valence-electron chi connectivity index (χ2n) is 4.33. The van der Waals surface area contributed by atoms with E-state index in [0.717, 1.165) is 37.8 Å². The highest BCUT2D eigenvalue weighted by Crippen LogP contribution is 2.18. The smallest absolute Gasteiger partial charge is 0.223 e. The van der Waals surface area contributed by atoms with E-state index < -0.39 is 0 Å². The lowest BCUT2D eigenvalue weighted by atomic mass is 10.3. The van der Waals surface area contributed by atoms with Crippen molar-refractivity contribution in [1.29, 1.82) is 0 Å². The van der Waals surface area contributed by atoms with Gasteiger partial charge in [0.1, 0.15) is 0 Å². The molecule has 1 amide bonds. The zero-order valence-electron chi connectivity index (χ0n) is 9.21. The fourth-order valence-electron chi connectivity index (χ4n) is 1.82. The van der Waals surface area contributed by atoms with Crippen LogP contribution in [0.2, 0.25) is 0 Å². The van der Waals surface area contributed by atoms with Gasteiger partial charge in [0.25, 0.3) is 0 Å². The molecule has 2 aliphatic rings. The van der Waals surface area contributed by atoms with Gasteiger partial charge in [-0.05, 0) is 25.0 Å². The van der Waals surface area contributed by atoms with Crippen molar-refractivity contribution >= 4 is 17.7 Å². The lowest BCUT2D eigenvalue weighted by molar-refractivity contribution is -0.130. The molecular formula is C11H20N2OS. The van der Waals surface area contributed by atoms with Crippen LogP contribution in [0.3, 0.4) is 0 Å². The molecule has 3 nitrogen and oxygen atoms in total. The third-order valence-electron chi connectivity index (χ3n) is 2.92. The summed E-state index contributed by atoms with van der Waals surface area (Å²) in [5, 5.41) is 3.39. The molecule has 0 atom stereocenters. The number of hydrogen-bond donors (Lipinski definition) is 1. The van der Waals surface area contributed by atoms with Gasteiger partial charge in [0.2, 0.25) is 5.91 Å². The zero-order chi connectivity index (χ0) is 10.5. The summed E-state index contributed by atoms with van der Waals surface area (Å²) in [6.45, 7) is 2.79. The Morgan fingerprint density at radius 1 is 1.33 bits per heavy atom. The second-order valence-corrected chi connectivity index (χ2v) is 5.55. The van der Waals surface area contributed by atoms with E-state index in [0.29, 0.717) is 12.3 Å². The van der Waals surface area contributed by atoms with Crippen LogP contribution in [0.4, 0.5) is 0 Å². The van der Waals surface area contributed by atoms with Crippen molar-refractivity contribution in [3.8, 4) is 0 Å². The summed E-state index contributed by atoms with van der Waals surface area (Å²) in [6.07, 6.45) is 4.44. The van der Waals surface area contributed by atoms with E-state index in [2.05, 4.69) is 5.32 Å². The maximum atomic E-state index is 11.8. The first-order valence-corrected chi connectivity index (χ1v) is 7.10. The Kier molecular flexibility index (Phi) is 4.32. The number of hydrogen-bond acceptors (Lipinski definition) is 3. The highest BCUT2D eigenvalue weighted by Gasteiger charge is 2.21. The highest BCUT2D eigenvalue weighted by atomic mass is 32.2. The van der Waals surface area contributed by atoms with Crippen LogP contribution in [0.15, 0.2) is 0 Å². The number of thioether (sulfide) groups is 1. The van der Waals surface area contributed by atoms with Crippen LogP contribution in [0.1, 0.15) is 25.7 Å². The van der Waals surface area contributed by atoms with Crippen molar-refractivity contribution < 1.29 is 4.79 Å². The molecule has 1 saturated heterocycles. The molecule has 1 aliphatic carbocycles. The van der Waals surface area contributed by atoms with Crippen LogP contribution in [-0.2, 0) is 4.79 Å². The van der Waals surface area contributed by atoms with Gasteiger partial charge in [0.05, 0.1) is 0 Å². The highest BCUT2D eigenvalue weighted by molar-refractivity contribution is 7.99. The van der Waals surface area contributed by atoms with Crippen molar-refractivity contribution in [3.05, 3.63) is 0 Å². The molecule has 2 rings (SSSR count). The van der Waals surface area contributed by atoms with Gasteiger partial charge in [-0.1, -0.05) is 0 Å². The van der Waals surface area contributed by atoms with E-state index in [-0.39, 0.29) is 0 Å². The second kappa shape index (κ2) is 5.75. The van der Waals surface area contributed by atoms with Crippen molar-refractivity contribution in [2.24, 2.45) is 0 Å². The normalized spacial score (nSPS) is 22.5. The topological polar surface area (TPSA) is 32.3 Å². The summed E-state index contributed by atoms with van der Waals surface area (Å²) in [4.78, 5) is 13.9. The number of rotatable bonds is 4. The minimum atomic E-state index is 0.339. The molecular weight excluding hydrogens is 208 g/mol. The third kappa shape index (κ3) is 4.03. The van der Waals surface area contributed by atoms with Gasteiger partial charge in [0, 0.05) is 37.8 Å². The first-order valence-electron chi connectivity index (χ1n) is 5.95. The molecule has 0 aromatic rings. The van der Waals surface area contributed by atoms with E-state index in [9.17, 15) is 4.79 Å². The van der Waals surface area contributed by atoms with Gasteiger partial charge in [0.15, 0.2) is 0 Å². The lowest BCUT2D eigenvalue weighted by Gasteiger charge is -2.19. The Labute approximate surface area is 96.0 Å². The van der Waals surface area contributed by atoms with Gasteiger partial charge in [-0.2, -0.15) is 11.8 Å². The van der Waals surface area contributed by atoms with Gasteiger partial charge in [-0.15, -0.1) is 0 Å². The fourth-order valence-corrected chi connectivity index (χ4v) is 2.71. The number of carbonyl (C=O) groups excluding carboxylic acids is 1. The molecule has 0 aromatic carbocycles. The van der Waals surface area contributed by atoms with Crippen molar-refractivity contribution in [3.63, 3.8) is 0 Å². The maximum Gasteiger partial charge on any atom is 0.223 e. The van der Waals surface area contributed by atoms with E-state index >= 15 is 0 Å². The van der Waals surface area contributed by atoms with Crippen LogP contribution in [0, 0.1) is 0 Å². The molecule has 1 saturated carbocycles. The minimum Gasteiger partial charge on any atom is -0.342 e. The zero-order valence-corrected chi connectivity index (χ0v) is 10.0. The molecule has 0 spiro atoms. The van der Waals surface area contributed by atoms with E-state index in [4.69, 9.17) is 0 Å². The standard InChI is InChI=1S/C11H20N2OS/c14-11(4-5-12-10-2-3-10)13-6-1-8-15-9-7-13/h10,12H,1-9H2. The Hall–Kier alpha value is -0.220. The van der Waals surface area contributed by atoms with Crippen molar-refractivity contribution in [2.75, 3.05) is 31.1 Å². The molecule has 1 aliphatic heterocycles. The third-order valence-corrected chi connectivity index (χ3v) is 3.97. The SMILES string of the molecule is O=C(CCNC1CC1)N1CCCSCC1. The summed E-state index contributed by atoms with van der Waals surface area (Å²) in [7, 11) is 0. The maximum absolute atomic E-state index is 11.8. The molecule has 1 N–H and O–H groups in total. The molecule has 15 heavy (non-hydrogen) atoms. The van der Waals surface area contributed by atoms with Crippen LogP contribution in [0.5, 0.6) is 0 Å². The molecule has 0 aromatic heterocycles. The first-order chi connectivity index (χ1) is 7.36. The monoisotopic (exact) mass is 228 g/mol. The average molecular weight is 228 g/mol. The molecule has 0 radical (unpaired) electrons. The average Bonchev–Trinajstić information content (AvgIpc) is 3.04. The number of nitrogens with one attached hydrogen (secondary N) is 1. The van der Waals surface area contributed by atoms with E-state index in [1.165, 1.54) is 18.6 Å². The van der Waals surface area contributed by atoms with Crippen molar-refractivity contribution in [1.82, 2.24) is 10.2 Å². The molecule has 2 fully saturated rings. The number of carbonyl (C=O) groups is 1. The Morgan fingerprint density at radius 3 is 3.00 bits per heavy atom. The summed E-state index contributed by atoms with van der Waals surface area (Å²) < 4.78 is 0. The van der Waals surface area contributed by atoms with Crippen molar-refractivity contribution in [2.45, 2.75) is 31.7 Å². The van der Waals surface area contributed by atoms with Crippen LogP contribution in [0.25, 0.3) is 0 Å². The molecule has 0 bridgehead atoms. The van der Waals surface area contributed by atoms with Crippen LogP contribution in [-0.4, -0.2) is 48.0 Å². The molecule has 86 valence electrons. The van der Waals surface area contributed by atoms with E-state index in [1.54, 1.807) is 0 Å². The van der Waals surface area contributed by atoms with Crippen LogP contribution < -0.4 is 5.32 Å². The predicted octanol–water partition coefficient (Wildman–Crippen LogP) is 1.09. The first kappa shape index (κ1) is 11.3. The minimum absolute atomic E-state index is 0.339. The van der Waals surface area contributed by atoms with Crippen LogP contribution >= 0.6 is 11.8 Å². The number of amides is 1. The summed E-state index contributed by atoms with van der Waals surface area (Å²) >= 11 is 1.97. The number of nitrogens with zero attached hydrogens (tertiary/aromatic N) is 1. The summed E-state index contributed by atoms with van der Waals surface area (Å²) in [5.74, 6) is 2.66. The molecule has 0 unspecified atom stereocenters. The lowest BCUT2D eigenvalue weighted by Crippen LogP contribution is -2.35. The Bertz CT molecular complexity index is 211.